The highest BCUT2D eigenvalue weighted by Gasteiger charge is 2.22. The molecule has 2 aromatic rings. The molecule has 2 aromatic carbocycles. The van der Waals surface area contributed by atoms with Crippen LogP contribution >= 0.6 is 11.6 Å². The maximum absolute atomic E-state index is 12.9. The lowest BCUT2D eigenvalue weighted by Crippen LogP contribution is -2.41. The molecule has 3 rings (SSSR count). The molecule has 2 amide bonds. The number of rotatable bonds is 4. The molecule has 0 bridgehead atoms. The number of halogens is 1. The Labute approximate surface area is 158 Å². The normalized spacial score (nSPS) is 14.8. The van der Waals surface area contributed by atoms with Gasteiger partial charge < -0.3 is 10.2 Å². The minimum Gasteiger partial charge on any atom is -0.337 e. The Morgan fingerprint density at radius 2 is 1.58 bits per heavy atom. The number of hydrogen-bond donors (Lipinski definition) is 1. The summed E-state index contributed by atoms with van der Waals surface area (Å²) in [5.41, 5.74) is 1.61. The van der Waals surface area contributed by atoms with Crippen LogP contribution in [0.2, 0.25) is 5.02 Å². The number of piperidine rings is 1. The summed E-state index contributed by atoms with van der Waals surface area (Å²) in [6, 6.07) is 16.1. The van der Waals surface area contributed by atoms with Gasteiger partial charge in [-0.05, 0) is 55.2 Å². The lowest BCUT2D eigenvalue weighted by atomic mass is 10.1. The van der Waals surface area contributed by atoms with Gasteiger partial charge in [-0.25, -0.2) is 0 Å². The summed E-state index contributed by atoms with van der Waals surface area (Å²) >= 11 is 5.88. The second-order valence-electron chi connectivity index (χ2n) is 6.28. The lowest BCUT2D eigenvalue weighted by Gasteiger charge is -2.27. The zero-order valence-corrected chi connectivity index (χ0v) is 15.2. The van der Waals surface area contributed by atoms with Crippen molar-refractivity contribution >= 4 is 29.5 Å². The van der Waals surface area contributed by atoms with Crippen LogP contribution in [0.25, 0.3) is 6.08 Å². The number of carbonyl (C=O) groups is 2. The van der Waals surface area contributed by atoms with E-state index < -0.39 is 0 Å². The van der Waals surface area contributed by atoms with Crippen molar-refractivity contribution in [2.75, 3.05) is 13.1 Å². The molecule has 0 aliphatic carbocycles. The fourth-order valence-corrected chi connectivity index (χ4v) is 3.06. The Hall–Kier alpha value is -2.59. The highest BCUT2D eigenvalue weighted by Crippen LogP contribution is 2.15. The number of nitrogens with zero attached hydrogens (tertiary/aromatic N) is 1. The van der Waals surface area contributed by atoms with Gasteiger partial charge in [-0.1, -0.05) is 41.9 Å². The first-order valence-electron chi connectivity index (χ1n) is 8.76. The predicted molar refractivity (Wildman–Crippen MR) is 104 cm³/mol. The molecule has 0 radical (unpaired) electrons. The molecule has 1 aliphatic heterocycles. The number of amides is 2. The summed E-state index contributed by atoms with van der Waals surface area (Å²) in [5, 5.41) is 3.35. The van der Waals surface area contributed by atoms with E-state index in [9.17, 15) is 9.59 Å². The monoisotopic (exact) mass is 368 g/mol. The van der Waals surface area contributed by atoms with E-state index in [2.05, 4.69) is 5.32 Å². The standard InChI is InChI=1S/C21H21ClN2O2/c22-18-11-9-17(10-12-18)20(25)23-19(15-16-7-3-1-4-8-16)21(26)24-13-5-2-6-14-24/h1,3-4,7-12,15H,2,5-6,13-14H2,(H,23,25). The summed E-state index contributed by atoms with van der Waals surface area (Å²) in [7, 11) is 0. The molecule has 134 valence electrons. The van der Waals surface area contributed by atoms with Crippen LogP contribution in [-0.2, 0) is 4.79 Å². The first-order chi connectivity index (χ1) is 12.6. The van der Waals surface area contributed by atoms with E-state index in [0.717, 1.165) is 37.9 Å². The molecule has 1 heterocycles. The molecule has 0 unspecified atom stereocenters. The molecule has 0 aromatic heterocycles. The third-order valence-corrected chi connectivity index (χ3v) is 4.59. The van der Waals surface area contributed by atoms with Crippen LogP contribution in [0.3, 0.4) is 0 Å². The van der Waals surface area contributed by atoms with E-state index in [0.29, 0.717) is 10.6 Å². The summed E-state index contributed by atoms with van der Waals surface area (Å²) in [5.74, 6) is -0.468. The van der Waals surface area contributed by atoms with Gasteiger partial charge in [0.15, 0.2) is 0 Å². The van der Waals surface area contributed by atoms with Gasteiger partial charge in [0, 0.05) is 23.7 Å². The average molecular weight is 369 g/mol. The van der Waals surface area contributed by atoms with E-state index in [1.807, 2.05) is 30.3 Å². The third-order valence-electron chi connectivity index (χ3n) is 4.34. The largest absolute Gasteiger partial charge is 0.337 e. The molecule has 0 spiro atoms. The molecule has 1 N–H and O–H groups in total. The van der Waals surface area contributed by atoms with Crippen LogP contribution < -0.4 is 5.32 Å². The highest BCUT2D eigenvalue weighted by molar-refractivity contribution is 6.30. The molecule has 5 heteroatoms. The van der Waals surface area contributed by atoms with Crippen molar-refractivity contribution in [2.45, 2.75) is 19.3 Å². The molecule has 4 nitrogen and oxygen atoms in total. The number of benzene rings is 2. The van der Waals surface area contributed by atoms with Gasteiger partial charge >= 0.3 is 0 Å². The van der Waals surface area contributed by atoms with Crippen LogP contribution in [0.4, 0.5) is 0 Å². The second kappa shape index (κ2) is 8.68. The van der Waals surface area contributed by atoms with Crippen molar-refractivity contribution in [3.63, 3.8) is 0 Å². The van der Waals surface area contributed by atoms with Crippen molar-refractivity contribution in [3.05, 3.63) is 76.4 Å². The number of likely N-dealkylation sites (tertiary alicyclic amines) is 1. The fourth-order valence-electron chi connectivity index (χ4n) is 2.93. The SMILES string of the molecule is O=C(NC(=Cc1ccccc1)C(=O)N1CCCCC1)c1ccc(Cl)cc1. The Kier molecular flexibility index (Phi) is 6.08. The minimum absolute atomic E-state index is 0.143. The Bertz CT molecular complexity index is 795. The average Bonchev–Trinajstić information content (AvgIpc) is 2.69. The summed E-state index contributed by atoms with van der Waals surface area (Å²) in [4.78, 5) is 27.3. The Balaban J connectivity index is 1.84. The van der Waals surface area contributed by atoms with Crippen molar-refractivity contribution in [2.24, 2.45) is 0 Å². The summed E-state index contributed by atoms with van der Waals surface area (Å²) in [6.07, 6.45) is 4.86. The minimum atomic E-state index is -0.325. The van der Waals surface area contributed by atoms with E-state index in [-0.39, 0.29) is 17.5 Å². The van der Waals surface area contributed by atoms with Gasteiger partial charge in [-0.15, -0.1) is 0 Å². The van der Waals surface area contributed by atoms with Crippen molar-refractivity contribution in [1.82, 2.24) is 10.2 Å². The lowest BCUT2D eigenvalue weighted by molar-refractivity contribution is -0.128. The first kappa shape index (κ1) is 18.2. The summed E-state index contributed by atoms with van der Waals surface area (Å²) in [6.45, 7) is 1.45. The van der Waals surface area contributed by atoms with E-state index >= 15 is 0 Å². The number of nitrogens with one attached hydrogen (secondary N) is 1. The Morgan fingerprint density at radius 1 is 0.923 bits per heavy atom. The van der Waals surface area contributed by atoms with Gasteiger partial charge in [0.2, 0.25) is 0 Å². The van der Waals surface area contributed by atoms with Crippen LogP contribution in [-0.4, -0.2) is 29.8 Å². The zero-order chi connectivity index (χ0) is 18.4. The molecular weight excluding hydrogens is 348 g/mol. The maximum Gasteiger partial charge on any atom is 0.270 e. The topological polar surface area (TPSA) is 49.4 Å². The van der Waals surface area contributed by atoms with Crippen molar-refractivity contribution in [3.8, 4) is 0 Å². The van der Waals surface area contributed by atoms with Crippen LogP contribution in [0.1, 0.15) is 35.2 Å². The van der Waals surface area contributed by atoms with Crippen LogP contribution in [0.5, 0.6) is 0 Å². The molecule has 1 saturated heterocycles. The molecule has 1 fully saturated rings. The van der Waals surface area contributed by atoms with Crippen molar-refractivity contribution < 1.29 is 9.59 Å². The number of hydrogen-bond acceptors (Lipinski definition) is 2. The molecule has 26 heavy (non-hydrogen) atoms. The molecule has 1 aliphatic rings. The zero-order valence-electron chi connectivity index (χ0n) is 14.5. The van der Waals surface area contributed by atoms with Crippen LogP contribution in [0, 0.1) is 0 Å². The number of carbonyl (C=O) groups excluding carboxylic acids is 2. The van der Waals surface area contributed by atoms with E-state index in [1.54, 1.807) is 35.2 Å². The first-order valence-corrected chi connectivity index (χ1v) is 9.14. The third kappa shape index (κ3) is 4.73. The van der Waals surface area contributed by atoms with Gasteiger partial charge in [-0.2, -0.15) is 0 Å². The van der Waals surface area contributed by atoms with Crippen LogP contribution in [0.15, 0.2) is 60.3 Å². The molecule has 0 atom stereocenters. The second-order valence-corrected chi connectivity index (χ2v) is 6.72. The summed E-state index contributed by atoms with van der Waals surface area (Å²) < 4.78 is 0. The fraction of sp³-hybridized carbons (Fsp3) is 0.238. The smallest absolute Gasteiger partial charge is 0.270 e. The molecule has 0 saturated carbocycles. The van der Waals surface area contributed by atoms with Gasteiger partial charge in [-0.3, -0.25) is 9.59 Å². The van der Waals surface area contributed by atoms with Gasteiger partial charge in [0.25, 0.3) is 11.8 Å². The van der Waals surface area contributed by atoms with E-state index in [4.69, 9.17) is 11.6 Å². The quantitative estimate of drug-likeness (QED) is 0.825. The molecular formula is C21H21ClN2O2. The Morgan fingerprint density at radius 3 is 2.23 bits per heavy atom. The maximum atomic E-state index is 12.9. The van der Waals surface area contributed by atoms with Gasteiger partial charge in [0.05, 0.1) is 0 Å². The van der Waals surface area contributed by atoms with Gasteiger partial charge in [0.1, 0.15) is 5.70 Å². The van der Waals surface area contributed by atoms with E-state index in [1.165, 1.54) is 0 Å². The highest BCUT2D eigenvalue weighted by atomic mass is 35.5. The van der Waals surface area contributed by atoms with Crippen molar-refractivity contribution in [1.29, 1.82) is 0 Å². The predicted octanol–water partition coefficient (Wildman–Crippen LogP) is 4.12.